The van der Waals surface area contributed by atoms with Gasteiger partial charge in [-0.25, -0.2) is 14.4 Å². The highest BCUT2D eigenvalue weighted by Gasteiger charge is 2.72. The molecule has 1 spiro atoms. The van der Waals surface area contributed by atoms with Crippen molar-refractivity contribution < 1.29 is 48.3 Å². The van der Waals surface area contributed by atoms with Gasteiger partial charge in [-0.1, -0.05) is 42.5 Å². The number of hydrogen-bond donors (Lipinski definition) is 2. The molecule has 2 aromatic carbocycles. The predicted molar refractivity (Wildman–Crippen MR) is 159 cm³/mol. The molecule has 6 atom stereocenters. The van der Waals surface area contributed by atoms with Gasteiger partial charge in [0.25, 0.3) is 0 Å². The lowest BCUT2D eigenvalue weighted by Gasteiger charge is -2.61. The van der Waals surface area contributed by atoms with E-state index in [2.05, 4.69) is 4.90 Å². The van der Waals surface area contributed by atoms with Crippen LogP contribution in [-0.2, 0) is 47.0 Å². The molecule has 1 saturated heterocycles. The number of likely N-dealkylation sites (N-methyl/N-ethyl adjacent to an activating group) is 1. The molecule has 0 unspecified atom stereocenters. The van der Waals surface area contributed by atoms with Crippen molar-refractivity contribution in [2.75, 3.05) is 13.6 Å². The summed E-state index contributed by atoms with van der Waals surface area (Å²) in [5.41, 5.74) is -0.0819. The van der Waals surface area contributed by atoms with Crippen molar-refractivity contribution in [2.24, 2.45) is 0 Å². The van der Waals surface area contributed by atoms with Crippen molar-refractivity contribution >= 4 is 18.1 Å². The summed E-state index contributed by atoms with van der Waals surface area (Å²) in [6.45, 7) is 6.82. The highest BCUT2D eigenvalue weighted by molar-refractivity contribution is 5.83. The van der Waals surface area contributed by atoms with Crippen LogP contribution < -0.4 is 4.74 Å². The Kier molecular flexibility index (Phi) is 7.70. The van der Waals surface area contributed by atoms with E-state index in [0.717, 1.165) is 11.1 Å². The molecule has 2 aromatic rings. The normalized spacial score (nSPS) is 27.7. The standard InChI is InChI=1S/C34H39NO10/c1-19(41-30(38)27(20-9-7-6-8-10-20)44-31(39)45-32(2,3)4)29(37)42-23-13-14-34(40)24-17-21-11-12-22(18-36)26-25(21)33(34,28(23)43-26)15-16-35(24)5/h6-13,19,24,27-28,36,40H,14-18H2,1-5H3/t19-,24+,27-,28-,33-,34+/m0/s1. The quantitative estimate of drug-likeness (QED) is 0.346. The van der Waals surface area contributed by atoms with E-state index in [9.17, 15) is 24.6 Å². The Bertz CT molecular complexity index is 1550. The summed E-state index contributed by atoms with van der Waals surface area (Å²) in [6, 6.07) is 11.9. The highest BCUT2D eigenvalue weighted by Crippen LogP contribution is 2.64. The second-order valence-corrected chi connectivity index (χ2v) is 13.3. The monoisotopic (exact) mass is 621 g/mol. The van der Waals surface area contributed by atoms with Gasteiger partial charge in [-0.3, -0.25) is 0 Å². The molecule has 2 aliphatic heterocycles. The van der Waals surface area contributed by atoms with Gasteiger partial charge in [0, 0.05) is 29.2 Å². The first-order valence-electron chi connectivity index (χ1n) is 15.2. The molecule has 11 heteroatoms. The van der Waals surface area contributed by atoms with Crippen molar-refractivity contribution in [1.82, 2.24) is 4.90 Å². The summed E-state index contributed by atoms with van der Waals surface area (Å²) in [4.78, 5) is 41.3. The number of ether oxygens (including phenoxy) is 5. The van der Waals surface area contributed by atoms with Gasteiger partial charge in [-0.15, -0.1) is 0 Å². The first-order valence-corrected chi connectivity index (χ1v) is 15.2. The van der Waals surface area contributed by atoms with Crippen LogP contribution in [0.25, 0.3) is 0 Å². The highest BCUT2D eigenvalue weighted by atomic mass is 16.7. The van der Waals surface area contributed by atoms with Crippen molar-refractivity contribution in [3.8, 4) is 5.75 Å². The molecule has 0 aromatic heterocycles. The fourth-order valence-corrected chi connectivity index (χ4v) is 7.37. The summed E-state index contributed by atoms with van der Waals surface area (Å²) >= 11 is 0. The van der Waals surface area contributed by atoms with Gasteiger partial charge in [0.05, 0.1) is 17.6 Å². The van der Waals surface area contributed by atoms with Crippen LogP contribution in [0.3, 0.4) is 0 Å². The smallest absolute Gasteiger partial charge is 0.481 e. The number of hydrogen-bond acceptors (Lipinski definition) is 11. The molecule has 11 nitrogen and oxygen atoms in total. The average molecular weight is 622 g/mol. The lowest BCUT2D eigenvalue weighted by Crippen LogP contribution is -2.74. The van der Waals surface area contributed by atoms with Crippen molar-refractivity contribution in [2.45, 2.75) is 94.5 Å². The van der Waals surface area contributed by atoms with Gasteiger partial charge in [0.1, 0.15) is 17.1 Å². The van der Waals surface area contributed by atoms with E-state index in [-0.39, 0.29) is 24.8 Å². The summed E-state index contributed by atoms with van der Waals surface area (Å²) in [6.07, 6.45) is -1.68. The number of aliphatic hydroxyl groups is 2. The third-order valence-corrected chi connectivity index (χ3v) is 9.39. The number of rotatable bonds is 7. The number of carbonyl (C=O) groups excluding carboxylic acids is 3. The number of piperidine rings is 1. The molecule has 0 saturated carbocycles. The van der Waals surface area contributed by atoms with Gasteiger partial charge in [0.2, 0.25) is 6.10 Å². The average Bonchev–Trinajstić information content (AvgIpc) is 3.34. The lowest BCUT2D eigenvalue weighted by atomic mass is 9.50. The van der Waals surface area contributed by atoms with Crippen LogP contribution in [0.15, 0.2) is 54.3 Å². The Morgan fingerprint density at radius 1 is 1.09 bits per heavy atom. The SMILES string of the molecule is C[C@H](OC(=O)[C@@H](OC(=O)OC(C)(C)C)c1ccccc1)C(=O)OC1=CC[C@@]2(O)[C@H]3Cc4ccc(CO)c5c4[C@@]2(CCN3C)[C@H]1O5. The van der Waals surface area contributed by atoms with Crippen LogP contribution in [0.1, 0.15) is 68.9 Å². The Morgan fingerprint density at radius 3 is 2.51 bits per heavy atom. The molecule has 2 bridgehead atoms. The number of likely N-dealkylation sites (tertiary alicyclic amines) is 1. The summed E-state index contributed by atoms with van der Waals surface area (Å²) in [5.74, 6) is -1.10. The van der Waals surface area contributed by atoms with Crippen LogP contribution >= 0.6 is 0 Å². The first-order chi connectivity index (χ1) is 21.3. The van der Waals surface area contributed by atoms with E-state index < -0.39 is 53.0 Å². The zero-order chi connectivity index (χ0) is 32.3. The zero-order valence-electron chi connectivity index (χ0n) is 26.1. The minimum absolute atomic E-state index is 0.177. The van der Waals surface area contributed by atoms with Gasteiger partial charge in [-0.2, -0.15) is 0 Å². The Hall–Kier alpha value is -3.93. The summed E-state index contributed by atoms with van der Waals surface area (Å²) < 4.78 is 28.4. The van der Waals surface area contributed by atoms with Crippen LogP contribution in [0.5, 0.6) is 5.75 Å². The molecule has 6 rings (SSSR count). The van der Waals surface area contributed by atoms with Crippen molar-refractivity contribution in [3.05, 3.63) is 76.6 Å². The van der Waals surface area contributed by atoms with Crippen LogP contribution in [0.2, 0.25) is 0 Å². The zero-order valence-corrected chi connectivity index (χ0v) is 26.1. The van der Waals surface area contributed by atoms with Gasteiger partial charge in [-0.05, 0) is 65.8 Å². The summed E-state index contributed by atoms with van der Waals surface area (Å²) in [5, 5.41) is 22.5. The van der Waals surface area contributed by atoms with E-state index in [4.69, 9.17) is 23.7 Å². The number of nitrogens with zero attached hydrogens (tertiary/aromatic N) is 1. The number of carbonyl (C=O) groups is 3. The predicted octanol–water partition coefficient (Wildman–Crippen LogP) is 3.62. The van der Waals surface area contributed by atoms with E-state index in [1.54, 1.807) is 57.2 Å². The second kappa shape index (κ2) is 11.1. The maximum Gasteiger partial charge on any atom is 0.509 e. The molecular weight excluding hydrogens is 582 g/mol. The molecular formula is C34H39NO10. The van der Waals surface area contributed by atoms with Gasteiger partial charge in [0.15, 0.2) is 12.2 Å². The first kappa shape index (κ1) is 31.1. The van der Waals surface area contributed by atoms with Crippen molar-refractivity contribution in [1.29, 1.82) is 0 Å². The minimum Gasteiger partial charge on any atom is -0.481 e. The van der Waals surface area contributed by atoms with Gasteiger partial charge < -0.3 is 38.8 Å². The second-order valence-electron chi connectivity index (χ2n) is 13.3. The van der Waals surface area contributed by atoms with E-state index in [0.29, 0.717) is 36.3 Å². The molecule has 45 heavy (non-hydrogen) atoms. The molecule has 240 valence electrons. The number of benzene rings is 2. The van der Waals surface area contributed by atoms with Gasteiger partial charge >= 0.3 is 18.1 Å². The molecule has 0 amide bonds. The van der Waals surface area contributed by atoms with Crippen LogP contribution in [-0.4, -0.2) is 76.3 Å². The maximum atomic E-state index is 13.4. The van der Waals surface area contributed by atoms with E-state index in [1.807, 2.05) is 19.2 Å². The third kappa shape index (κ3) is 5.07. The summed E-state index contributed by atoms with van der Waals surface area (Å²) in [7, 11) is 2.00. The molecule has 4 aliphatic rings. The molecule has 0 radical (unpaired) electrons. The lowest BCUT2D eigenvalue weighted by molar-refractivity contribution is -0.178. The molecule has 2 N–H and O–H groups in total. The molecule has 1 fully saturated rings. The fourth-order valence-electron chi connectivity index (χ4n) is 7.37. The van der Waals surface area contributed by atoms with Crippen molar-refractivity contribution in [3.63, 3.8) is 0 Å². The van der Waals surface area contributed by atoms with Crippen LogP contribution in [0.4, 0.5) is 4.79 Å². The topological polar surface area (TPSA) is 141 Å². The van der Waals surface area contributed by atoms with Crippen LogP contribution in [0, 0.1) is 0 Å². The largest absolute Gasteiger partial charge is 0.509 e. The van der Waals surface area contributed by atoms with E-state index in [1.165, 1.54) is 6.92 Å². The molecule has 2 heterocycles. The Morgan fingerprint density at radius 2 is 1.82 bits per heavy atom. The Balaban J connectivity index is 1.23. The minimum atomic E-state index is -1.49. The molecule has 2 aliphatic carbocycles. The van der Waals surface area contributed by atoms with E-state index >= 15 is 0 Å². The fraction of sp³-hybridized carbons (Fsp3) is 0.500. The number of aliphatic hydroxyl groups excluding tert-OH is 1. The third-order valence-electron chi connectivity index (χ3n) is 9.39. The maximum absolute atomic E-state index is 13.4. The number of esters is 2. The Labute approximate surface area is 261 Å².